The fraction of sp³-hybridized carbons (Fsp3) is 0.714. The molecular weight excluding hydrogens is 274 g/mol. The first kappa shape index (κ1) is 17.0. The minimum absolute atomic E-state index is 0.276. The summed E-state index contributed by atoms with van der Waals surface area (Å²) in [6.07, 6.45) is 5.35. The summed E-state index contributed by atoms with van der Waals surface area (Å²) in [6, 6.07) is 0. The predicted molar refractivity (Wildman–Crippen MR) is 81.7 cm³/mol. The summed E-state index contributed by atoms with van der Waals surface area (Å²) in [6.45, 7) is 6.67. The lowest BCUT2D eigenvalue weighted by Gasteiger charge is -2.27. The lowest BCUT2D eigenvalue weighted by Crippen LogP contribution is -2.53. The van der Waals surface area contributed by atoms with Gasteiger partial charge in [-0.1, -0.05) is 25.1 Å². The molecule has 5 nitrogen and oxygen atoms in total. The van der Waals surface area contributed by atoms with Gasteiger partial charge in [-0.2, -0.15) is 0 Å². The molecule has 1 amide bonds. The smallest absolute Gasteiger partial charge is 0.255 e. The monoisotopic (exact) mass is 299 g/mol. The van der Waals surface area contributed by atoms with Crippen LogP contribution in [0.15, 0.2) is 15.9 Å². The Morgan fingerprint density at radius 2 is 2.30 bits per heavy atom. The first-order valence-electron chi connectivity index (χ1n) is 7.08. The highest BCUT2D eigenvalue weighted by Crippen LogP contribution is 2.20. The second-order valence-electron chi connectivity index (χ2n) is 5.18. The average molecular weight is 299 g/mol. The molecule has 1 atom stereocenters. The molecule has 0 aromatic carbocycles. The molecule has 0 aliphatic carbocycles. The molecule has 0 fully saturated rings. The maximum Gasteiger partial charge on any atom is 0.255 e. The Morgan fingerprint density at radius 1 is 1.55 bits per heavy atom. The summed E-state index contributed by atoms with van der Waals surface area (Å²) >= 11 is 1.60. The van der Waals surface area contributed by atoms with Crippen molar-refractivity contribution in [3.63, 3.8) is 0 Å². The van der Waals surface area contributed by atoms with Gasteiger partial charge >= 0.3 is 0 Å². The summed E-state index contributed by atoms with van der Waals surface area (Å²) in [5, 5.41) is 3.96. The van der Waals surface area contributed by atoms with Gasteiger partial charge in [0, 0.05) is 5.75 Å². The van der Waals surface area contributed by atoms with Gasteiger partial charge in [0.05, 0.1) is 11.2 Å². The minimum Gasteiger partial charge on any atom is -0.440 e. The summed E-state index contributed by atoms with van der Waals surface area (Å²) in [4.78, 5) is 15.8. The molecule has 114 valence electrons. The molecule has 0 bridgehead atoms. The van der Waals surface area contributed by atoms with Crippen LogP contribution >= 0.6 is 11.8 Å². The maximum absolute atomic E-state index is 11.5. The summed E-state index contributed by atoms with van der Waals surface area (Å²) < 4.78 is 5.27. The molecule has 20 heavy (non-hydrogen) atoms. The van der Waals surface area contributed by atoms with E-state index in [1.54, 1.807) is 18.0 Å². The molecule has 0 radical (unpaired) electrons. The highest BCUT2D eigenvalue weighted by atomic mass is 32.2. The number of amides is 1. The Bertz CT molecular complexity index is 422. The van der Waals surface area contributed by atoms with Crippen molar-refractivity contribution in [2.24, 2.45) is 5.73 Å². The fourth-order valence-corrected chi connectivity index (χ4v) is 2.69. The topological polar surface area (TPSA) is 81.2 Å². The number of primary amides is 1. The van der Waals surface area contributed by atoms with Crippen molar-refractivity contribution < 1.29 is 9.21 Å². The highest BCUT2D eigenvalue weighted by molar-refractivity contribution is 7.99. The van der Waals surface area contributed by atoms with Crippen LogP contribution in [0.4, 0.5) is 0 Å². The van der Waals surface area contributed by atoms with E-state index in [2.05, 4.69) is 17.2 Å². The molecular formula is C14H25N3O2S. The molecule has 0 saturated carbocycles. The van der Waals surface area contributed by atoms with Crippen molar-refractivity contribution in [1.29, 1.82) is 0 Å². The number of carbonyl (C=O) groups excluding carboxylic acids is 1. The van der Waals surface area contributed by atoms with Crippen LogP contribution in [0.25, 0.3) is 0 Å². The zero-order valence-corrected chi connectivity index (χ0v) is 13.4. The third-order valence-corrected chi connectivity index (χ3v) is 4.13. The van der Waals surface area contributed by atoms with E-state index in [4.69, 9.17) is 10.2 Å². The Kier molecular flexibility index (Phi) is 7.09. The van der Waals surface area contributed by atoms with Gasteiger partial charge in [-0.3, -0.25) is 4.79 Å². The third kappa shape index (κ3) is 5.54. The molecule has 0 spiro atoms. The first-order chi connectivity index (χ1) is 9.48. The van der Waals surface area contributed by atoms with E-state index in [-0.39, 0.29) is 5.91 Å². The number of aryl methyl sites for hydroxylation is 1. The molecule has 1 aromatic rings. The number of thioether (sulfide) groups is 1. The third-order valence-electron chi connectivity index (χ3n) is 3.20. The number of rotatable bonds is 10. The fourth-order valence-electron chi connectivity index (χ4n) is 1.84. The molecule has 1 aromatic heterocycles. The van der Waals surface area contributed by atoms with E-state index in [0.717, 1.165) is 43.7 Å². The van der Waals surface area contributed by atoms with Crippen LogP contribution in [0.3, 0.4) is 0 Å². The zero-order chi connectivity index (χ0) is 15.0. The van der Waals surface area contributed by atoms with Crippen LogP contribution in [0.2, 0.25) is 0 Å². The van der Waals surface area contributed by atoms with Gasteiger partial charge in [0.2, 0.25) is 5.91 Å². The molecule has 6 heteroatoms. The molecule has 1 unspecified atom stereocenters. The van der Waals surface area contributed by atoms with Gasteiger partial charge in [-0.15, -0.1) is 0 Å². The quantitative estimate of drug-likeness (QED) is 0.512. The normalized spacial score (nSPS) is 14.2. The highest BCUT2D eigenvalue weighted by Gasteiger charge is 2.29. The van der Waals surface area contributed by atoms with E-state index in [0.29, 0.717) is 5.22 Å². The number of hydrogen-bond donors (Lipinski definition) is 2. The second-order valence-corrected chi connectivity index (χ2v) is 6.23. The molecule has 0 saturated heterocycles. The molecule has 3 N–H and O–H groups in total. The van der Waals surface area contributed by atoms with Crippen LogP contribution in [0.1, 0.15) is 45.2 Å². The van der Waals surface area contributed by atoms with Gasteiger partial charge in [-0.05, 0) is 39.7 Å². The number of nitrogens with two attached hydrogens (primary N) is 1. The Hall–Kier alpha value is -1.01. The number of carbonyl (C=O) groups is 1. The number of nitrogens with one attached hydrogen (secondary N) is 1. The summed E-state index contributed by atoms with van der Waals surface area (Å²) in [7, 11) is 0. The average Bonchev–Trinajstić information content (AvgIpc) is 2.81. The number of hydrogen-bond acceptors (Lipinski definition) is 5. The lowest BCUT2D eigenvalue weighted by atomic mass is 9.94. The predicted octanol–water partition coefficient (Wildman–Crippen LogP) is 2.49. The van der Waals surface area contributed by atoms with Crippen LogP contribution in [0, 0.1) is 6.92 Å². The Morgan fingerprint density at radius 3 is 2.85 bits per heavy atom. The number of nitrogens with zero attached hydrogens (tertiary/aromatic N) is 1. The minimum atomic E-state index is -0.597. The van der Waals surface area contributed by atoms with E-state index in [1.165, 1.54) is 0 Å². The van der Waals surface area contributed by atoms with Gasteiger partial charge in [0.15, 0.2) is 0 Å². The van der Waals surface area contributed by atoms with Crippen molar-refractivity contribution in [2.45, 2.75) is 57.2 Å². The van der Waals surface area contributed by atoms with Crippen molar-refractivity contribution in [1.82, 2.24) is 10.3 Å². The zero-order valence-electron chi connectivity index (χ0n) is 12.6. The molecule has 0 aliphatic rings. The Balaban J connectivity index is 2.25. The number of aromatic nitrogens is 1. The van der Waals surface area contributed by atoms with Crippen molar-refractivity contribution >= 4 is 17.7 Å². The van der Waals surface area contributed by atoms with Crippen LogP contribution in [-0.4, -0.2) is 28.7 Å². The Labute approximate surface area is 125 Å². The van der Waals surface area contributed by atoms with E-state index >= 15 is 0 Å². The lowest BCUT2D eigenvalue weighted by molar-refractivity contribution is -0.124. The van der Waals surface area contributed by atoms with E-state index < -0.39 is 5.54 Å². The van der Waals surface area contributed by atoms with Crippen molar-refractivity contribution in [3.05, 3.63) is 12.0 Å². The van der Waals surface area contributed by atoms with Crippen molar-refractivity contribution in [2.75, 3.05) is 12.3 Å². The van der Waals surface area contributed by atoms with Crippen LogP contribution in [-0.2, 0) is 4.79 Å². The second kappa shape index (κ2) is 8.32. The maximum atomic E-state index is 11.5. The number of oxazole rings is 1. The van der Waals surface area contributed by atoms with Crippen molar-refractivity contribution in [3.8, 4) is 0 Å². The van der Waals surface area contributed by atoms with Crippen LogP contribution < -0.4 is 11.1 Å². The largest absolute Gasteiger partial charge is 0.440 e. The molecule has 0 aliphatic heterocycles. The van der Waals surface area contributed by atoms with E-state index in [9.17, 15) is 4.79 Å². The van der Waals surface area contributed by atoms with E-state index in [1.807, 2.05) is 13.8 Å². The first-order valence-corrected chi connectivity index (χ1v) is 8.06. The van der Waals surface area contributed by atoms with Crippen LogP contribution in [0.5, 0.6) is 0 Å². The van der Waals surface area contributed by atoms with Gasteiger partial charge in [-0.25, -0.2) is 4.98 Å². The van der Waals surface area contributed by atoms with Gasteiger partial charge in [0.25, 0.3) is 5.22 Å². The van der Waals surface area contributed by atoms with Gasteiger partial charge in [0.1, 0.15) is 6.26 Å². The summed E-state index contributed by atoms with van der Waals surface area (Å²) in [5.41, 5.74) is 5.79. The standard InChI is InChI=1S/C14H25N3O2S/c1-4-8-16-14(3,12(15)18)7-5-6-9-20-13-17-11(2)10-19-13/h10,16H,4-9H2,1-3H3,(H2,15,18). The molecule has 1 heterocycles. The number of unbranched alkanes of at least 4 members (excludes halogenated alkanes) is 1. The summed E-state index contributed by atoms with van der Waals surface area (Å²) in [5.74, 6) is 0.657. The molecule has 1 rings (SSSR count). The SMILES string of the molecule is CCCNC(C)(CCCCSc1nc(C)co1)C(N)=O. The van der Waals surface area contributed by atoms with Gasteiger partial charge < -0.3 is 15.5 Å².